The highest BCUT2D eigenvalue weighted by Gasteiger charge is 2.31. The Morgan fingerprint density at radius 1 is 1.71 bits per heavy atom. The van der Waals surface area contributed by atoms with Gasteiger partial charge in [-0.3, -0.25) is 9.69 Å². The molecule has 14 heavy (non-hydrogen) atoms. The molecular formula is C9H9N3OS. The summed E-state index contributed by atoms with van der Waals surface area (Å²) in [6.07, 6.45) is 5.71. The third-order valence-electron chi connectivity index (χ3n) is 2.11. The van der Waals surface area contributed by atoms with Crippen molar-refractivity contribution < 1.29 is 4.79 Å². The predicted molar refractivity (Wildman–Crippen MR) is 53.9 cm³/mol. The first-order valence-electron chi connectivity index (χ1n) is 4.27. The number of hydrogen-bond donors (Lipinski definition) is 0. The third kappa shape index (κ3) is 1.49. The lowest BCUT2D eigenvalue weighted by atomic mass is 10.1. The molecule has 1 atom stereocenters. The average Bonchev–Trinajstić information content (AvgIpc) is 2.71. The quantitative estimate of drug-likeness (QED) is 0.641. The van der Waals surface area contributed by atoms with Gasteiger partial charge in [0.1, 0.15) is 5.82 Å². The highest BCUT2D eigenvalue weighted by molar-refractivity contribution is 7.09. The van der Waals surface area contributed by atoms with Crippen molar-refractivity contribution in [1.82, 2.24) is 9.36 Å². The molecule has 1 unspecified atom stereocenters. The van der Waals surface area contributed by atoms with Crippen molar-refractivity contribution in [1.29, 1.82) is 0 Å². The van der Waals surface area contributed by atoms with Crippen LogP contribution in [-0.2, 0) is 4.79 Å². The van der Waals surface area contributed by atoms with Crippen LogP contribution in [0, 0.1) is 25.2 Å². The second kappa shape index (κ2) is 3.39. The fourth-order valence-corrected chi connectivity index (χ4v) is 2.10. The standard InChI is InChI=1S/C9H9N3OS/c1-3-7-4-8(13)12(5-7)9-10-6(2)11-14-9/h1,7H,4-5H2,2H3. The summed E-state index contributed by atoms with van der Waals surface area (Å²) < 4.78 is 4.03. The van der Waals surface area contributed by atoms with E-state index in [1.165, 1.54) is 11.5 Å². The lowest BCUT2D eigenvalue weighted by Gasteiger charge is -2.09. The van der Waals surface area contributed by atoms with Crippen molar-refractivity contribution in [2.45, 2.75) is 13.3 Å². The summed E-state index contributed by atoms with van der Waals surface area (Å²) >= 11 is 1.24. The fourth-order valence-electron chi connectivity index (χ4n) is 1.40. The number of terminal acetylenes is 1. The van der Waals surface area contributed by atoms with Gasteiger partial charge in [-0.05, 0) is 6.92 Å². The lowest BCUT2D eigenvalue weighted by molar-refractivity contribution is -0.117. The molecule has 1 aromatic heterocycles. The second-order valence-corrected chi connectivity index (χ2v) is 3.93. The first-order valence-corrected chi connectivity index (χ1v) is 5.05. The number of rotatable bonds is 1. The van der Waals surface area contributed by atoms with Gasteiger partial charge in [0.25, 0.3) is 0 Å². The maximum absolute atomic E-state index is 11.5. The maximum atomic E-state index is 11.5. The monoisotopic (exact) mass is 207 g/mol. The molecule has 0 spiro atoms. The molecule has 1 aliphatic rings. The van der Waals surface area contributed by atoms with E-state index in [-0.39, 0.29) is 11.8 Å². The van der Waals surface area contributed by atoms with E-state index >= 15 is 0 Å². The molecule has 0 aliphatic carbocycles. The zero-order valence-electron chi connectivity index (χ0n) is 7.73. The number of carbonyl (C=O) groups excluding carboxylic acids is 1. The first-order chi connectivity index (χ1) is 6.70. The lowest BCUT2D eigenvalue weighted by Crippen LogP contribution is -2.24. The molecule has 0 bridgehead atoms. The van der Waals surface area contributed by atoms with Gasteiger partial charge in [-0.2, -0.15) is 4.37 Å². The first kappa shape index (κ1) is 9.16. The maximum Gasteiger partial charge on any atom is 0.230 e. The van der Waals surface area contributed by atoms with E-state index in [9.17, 15) is 4.79 Å². The van der Waals surface area contributed by atoms with Crippen molar-refractivity contribution in [3.05, 3.63) is 5.82 Å². The van der Waals surface area contributed by atoms with Gasteiger partial charge >= 0.3 is 0 Å². The molecule has 0 radical (unpaired) electrons. The molecule has 72 valence electrons. The van der Waals surface area contributed by atoms with Gasteiger partial charge in [-0.25, -0.2) is 4.98 Å². The van der Waals surface area contributed by atoms with Crippen LogP contribution in [-0.4, -0.2) is 21.8 Å². The minimum absolute atomic E-state index is 0.0201. The van der Waals surface area contributed by atoms with Crippen LogP contribution in [0.2, 0.25) is 0 Å². The molecule has 0 saturated carbocycles. The molecule has 2 rings (SSSR count). The Balaban J connectivity index is 2.21. The fraction of sp³-hybridized carbons (Fsp3) is 0.444. The Hall–Kier alpha value is -1.41. The van der Waals surface area contributed by atoms with Gasteiger partial charge in [0, 0.05) is 30.4 Å². The topological polar surface area (TPSA) is 46.1 Å². The van der Waals surface area contributed by atoms with Crippen molar-refractivity contribution in [3.8, 4) is 12.3 Å². The number of aryl methyl sites for hydroxylation is 1. The van der Waals surface area contributed by atoms with E-state index in [1.807, 2.05) is 0 Å². The Morgan fingerprint density at radius 3 is 3.00 bits per heavy atom. The Morgan fingerprint density at radius 2 is 2.50 bits per heavy atom. The summed E-state index contributed by atoms with van der Waals surface area (Å²) in [6, 6.07) is 0. The van der Waals surface area contributed by atoms with Crippen LogP contribution in [0.25, 0.3) is 0 Å². The van der Waals surface area contributed by atoms with Crippen LogP contribution in [0.1, 0.15) is 12.2 Å². The van der Waals surface area contributed by atoms with E-state index in [4.69, 9.17) is 6.42 Å². The van der Waals surface area contributed by atoms with E-state index in [2.05, 4.69) is 15.3 Å². The highest BCUT2D eigenvalue weighted by atomic mass is 32.1. The van der Waals surface area contributed by atoms with Gasteiger partial charge in [-0.15, -0.1) is 12.3 Å². The van der Waals surface area contributed by atoms with Gasteiger partial charge in [0.2, 0.25) is 11.0 Å². The van der Waals surface area contributed by atoms with E-state index in [0.29, 0.717) is 23.9 Å². The number of aromatic nitrogens is 2. The summed E-state index contributed by atoms with van der Waals surface area (Å²) in [5.41, 5.74) is 0. The molecule has 1 aliphatic heterocycles. The summed E-state index contributed by atoms with van der Waals surface area (Å²) in [6.45, 7) is 2.38. The largest absolute Gasteiger partial charge is 0.286 e. The zero-order valence-corrected chi connectivity index (χ0v) is 8.54. The number of amides is 1. The van der Waals surface area contributed by atoms with Gasteiger partial charge in [0.15, 0.2) is 0 Å². The molecule has 0 aromatic carbocycles. The molecule has 1 amide bonds. The van der Waals surface area contributed by atoms with Crippen LogP contribution >= 0.6 is 11.5 Å². The second-order valence-electron chi connectivity index (χ2n) is 3.20. The van der Waals surface area contributed by atoms with E-state index in [0.717, 1.165) is 0 Å². The molecule has 1 saturated heterocycles. The van der Waals surface area contributed by atoms with Crippen molar-refractivity contribution in [2.75, 3.05) is 11.4 Å². The summed E-state index contributed by atoms with van der Waals surface area (Å²) in [5, 5.41) is 0.658. The minimum Gasteiger partial charge on any atom is -0.286 e. The van der Waals surface area contributed by atoms with Gasteiger partial charge in [0.05, 0.1) is 0 Å². The number of carbonyl (C=O) groups is 1. The Bertz CT molecular complexity index is 406. The molecule has 0 N–H and O–H groups in total. The SMILES string of the molecule is C#CC1CC(=O)N(c2nc(C)ns2)C1. The normalized spacial score (nSPS) is 21.3. The number of hydrogen-bond acceptors (Lipinski definition) is 4. The van der Waals surface area contributed by atoms with Crippen LogP contribution in [0.3, 0.4) is 0 Å². The van der Waals surface area contributed by atoms with Crippen molar-refractivity contribution >= 4 is 22.6 Å². The molecule has 1 aromatic rings. The highest BCUT2D eigenvalue weighted by Crippen LogP contribution is 2.25. The van der Waals surface area contributed by atoms with Crippen LogP contribution in [0.4, 0.5) is 5.13 Å². The predicted octanol–water partition coefficient (Wildman–Crippen LogP) is 0.833. The van der Waals surface area contributed by atoms with Crippen LogP contribution < -0.4 is 4.90 Å². The summed E-state index contributed by atoms with van der Waals surface area (Å²) in [7, 11) is 0. The molecule has 4 nitrogen and oxygen atoms in total. The molecular weight excluding hydrogens is 198 g/mol. The molecule has 5 heteroatoms. The van der Waals surface area contributed by atoms with E-state index < -0.39 is 0 Å². The van der Waals surface area contributed by atoms with E-state index in [1.54, 1.807) is 11.8 Å². The average molecular weight is 207 g/mol. The minimum atomic E-state index is 0.0201. The summed E-state index contributed by atoms with van der Waals surface area (Å²) in [5.74, 6) is 3.36. The Labute approximate surface area is 86.1 Å². The Kier molecular flexibility index (Phi) is 2.22. The molecule has 2 heterocycles. The molecule has 1 fully saturated rings. The number of anilines is 1. The van der Waals surface area contributed by atoms with Crippen molar-refractivity contribution in [2.24, 2.45) is 5.92 Å². The van der Waals surface area contributed by atoms with Crippen LogP contribution in [0.15, 0.2) is 0 Å². The summed E-state index contributed by atoms with van der Waals surface area (Å²) in [4.78, 5) is 17.3. The van der Waals surface area contributed by atoms with Gasteiger partial charge < -0.3 is 0 Å². The van der Waals surface area contributed by atoms with Gasteiger partial charge in [-0.1, -0.05) is 0 Å². The smallest absolute Gasteiger partial charge is 0.230 e. The number of nitrogens with zero attached hydrogens (tertiary/aromatic N) is 3. The van der Waals surface area contributed by atoms with Crippen LogP contribution in [0.5, 0.6) is 0 Å². The van der Waals surface area contributed by atoms with Crippen molar-refractivity contribution in [3.63, 3.8) is 0 Å². The zero-order chi connectivity index (χ0) is 10.1. The third-order valence-corrected chi connectivity index (χ3v) is 2.94.